The van der Waals surface area contributed by atoms with E-state index in [2.05, 4.69) is 0 Å². The Hall–Kier alpha value is -4.96. The van der Waals surface area contributed by atoms with Crippen LogP contribution in [0.4, 0.5) is 0 Å². The van der Waals surface area contributed by atoms with Crippen molar-refractivity contribution in [3.8, 4) is 17.2 Å². The molecule has 0 amide bonds. The summed E-state index contributed by atoms with van der Waals surface area (Å²) in [5.74, 6) is 0.160. The van der Waals surface area contributed by atoms with Gasteiger partial charge in [-0.1, -0.05) is 59.9 Å². The maximum Gasteiger partial charge on any atom is 0.338 e. The Morgan fingerprint density at radius 3 is 2.45 bits per heavy atom. The second-order valence-electron chi connectivity index (χ2n) is 9.21. The highest BCUT2D eigenvalue weighted by Crippen LogP contribution is 2.36. The van der Waals surface area contributed by atoms with Crippen molar-refractivity contribution in [2.75, 3.05) is 20.8 Å². The molecule has 42 heavy (non-hydrogen) atoms. The molecule has 1 atom stereocenters. The van der Waals surface area contributed by atoms with Gasteiger partial charge in [0.2, 0.25) is 0 Å². The number of ether oxygens (including phenoxy) is 4. The molecule has 0 saturated heterocycles. The molecule has 0 saturated carbocycles. The predicted octanol–water partition coefficient (Wildman–Crippen LogP) is 3.88. The molecule has 0 N–H and O–H groups in total. The van der Waals surface area contributed by atoms with Gasteiger partial charge in [-0.05, 0) is 48.4 Å². The van der Waals surface area contributed by atoms with Crippen molar-refractivity contribution in [2.24, 2.45) is 4.99 Å². The number of methoxy groups -OCH3 is 2. The maximum atomic E-state index is 14.1. The summed E-state index contributed by atoms with van der Waals surface area (Å²) in [7, 11) is 3.03. The Kier molecular flexibility index (Phi) is 8.35. The van der Waals surface area contributed by atoms with Gasteiger partial charge in [0.05, 0.1) is 42.7 Å². The van der Waals surface area contributed by atoms with E-state index in [-0.39, 0.29) is 23.5 Å². The Morgan fingerprint density at radius 1 is 0.976 bits per heavy atom. The Labute approximate surface area is 245 Å². The average Bonchev–Trinajstić information content (AvgIpc) is 3.31. The molecule has 10 heteroatoms. The fourth-order valence-electron chi connectivity index (χ4n) is 4.73. The number of thiazole rings is 1. The molecular formula is C32H28N2O7S. The van der Waals surface area contributed by atoms with E-state index < -0.39 is 18.0 Å². The normalized spacial score (nSPS) is 14.6. The summed E-state index contributed by atoms with van der Waals surface area (Å²) in [4.78, 5) is 44.4. The second-order valence-corrected chi connectivity index (χ2v) is 10.2. The van der Waals surface area contributed by atoms with Crippen molar-refractivity contribution in [1.29, 1.82) is 0 Å². The number of hydrogen-bond acceptors (Lipinski definition) is 9. The highest BCUT2D eigenvalue weighted by Gasteiger charge is 2.35. The van der Waals surface area contributed by atoms with Crippen LogP contribution in [0, 0.1) is 0 Å². The SMILES string of the molecule is CCOC(=O)C1=C(c2ccccc2)N=c2s/c(=C\c3ccc(OC(C)=O)c(OC)c3)c(=O)n2[C@@H]1c1cccc(OC)c1. The van der Waals surface area contributed by atoms with E-state index >= 15 is 0 Å². The van der Waals surface area contributed by atoms with Gasteiger partial charge in [0.25, 0.3) is 5.56 Å². The number of esters is 2. The van der Waals surface area contributed by atoms with Gasteiger partial charge in [0.15, 0.2) is 16.3 Å². The number of nitrogens with zero attached hydrogens (tertiary/aromatic N) is 2. The number of benzene rings is 3. The molecule has 0 radical (unpaired) electrons. The van der Waals surface area contributed by atoms with Gasteiger partial charge in [0.1, 0.15) is 5.75 Å². The van der Waals surface area contributed by atoms with E-state index in [0.717, 1.165) is 5.56 Å². The minimum atomic E-state index is -0.825. The minimum absolute atomic E-state index is 0.158. The van der Waals surface area contributed by atoms with Crippen LogP contribution in [-0.4, -0.2) is 37.3 Å². The predicted molar refractivity (Wildman–Crippen MR) is 158 cm³/mol. The van der Waals surface area contributed by atoms with Crippen LogP contribution in [0.15, 0.2) is 88.2 Å². The number of aromatic nitrogens is 1. The van der Waals surface area contributed by atoms with Gasteiger partial charge in [-0.25, -0.2) is 9.79 Å². The first-order valence-corrected chi connectivity index (χ1v) is 13.9. The molecule has 4 aromatic rings. The fraction of sp³-hybridized carbons (Fsp3) is 0.188. The van der Waals surface area contributed by atoms with Gasteiger partial charge in [0, 0.05) is 12.5 Å². The Bertz CT molecular complexity index is 1870. The second kappa shape index (κ2) is 12.3. The Balaban J connectivity index is 1.77. The van der Waals surface area contributed by atoms with Crippen molar-refractivity contribution in [2.45, 2.75) is 19.9 Å². The van der Waals surface area contributed by atoms with Gasteiger partial charge < -0.3 is 18.9 Å². The van der Waals surface area contributed by atoms with Crippen LogP contribution in [0.3, 0.4) is 0 Å². The molecule has 0 bridgehead atoms. The van der Waals surface area contributed by atoms with Gasteiger partial charge in [-0.15, -0.1) is 0 Å². The molecule has 1 aliphatic rings. The van der Waals surface area contributed by atoms with Crippen molar-refractivity contribution < 1.29 is 28.5 Å². The zero-order chi connectivity index (χ0) is 29.8. The molecule has 214 valence electrons. The van der Waals surface area contributed by atoms with Gasteiger partial charge in [-0.3, -0.25) is 14.2 Å². The smallest absolute Gasteiger partial charge is 0.338 e. The average molecular weight is 585 g/mol. The standard InChI is InChI=1S/C32H28N2O7S/c1-5-40-31(37)27-28(21-10-7-6-8-11-21)33-32-34(29(27)22-12-9-13-23(18-22)38-3)30(36)26(42-32)17-20-14-15-24(41-19(2)35)25(16-20)39-4/h6-18,29H,5H2,1-4H3/b26-17-/t29-/m1/s1. The van der Waals surface area contributed by atoms with Crippen molar-refractivity contribution in [1.82, 2.24) is 4.57 Å². The zero-order valence-corrected chi connectivity index (χ0v) is 24.3. The third-order valence-corrected chi connectivity index (χ3v) is 7.51. The van der Waals surface area contributed by atoms with Crippen LogP contribution in [0.25, 0.3) is 11.8 Å². The molecule has 2 heterocycles. The summed E-state index contributed by atoms with van der Waals surface area (Å²) in [5.41, 5.74) is 2.39. The van der Waals surface area contributed by atoms with E-state index in [1.54, 1.807) is 50.4 Å². The minimum Gasteiger partial charge on any atom is -0.497 e. The number of carbonyl (C=O) groups is 2. The summed E-state index contributed by atoms with van der Waals surface area (Å²) in [5, 5.41) is 0. The first kappa shape index (κ1) is 28.6. The number of hydrogen-bond donors (Lipinski definition) is 0. The van der Waals surface area contributed by atoms with Crippen LogP contribution in [0.2, 0.25) is 0 Å². The molecule has 5 rings (SSSR count). The molecule has 0 spiro atoms. The molecule has 0 fully saturated rings. The Morgan fingerprint density at radius 2 is 1.76 bits per heavy atom. The molecule has 9 nitrogen and oxygen atoms in total. The fourth-order valence-corrected chi connectivity index (χ4v) is 5.73. The lowest BCUT2D eigenvalue weighted by Gasteiger charge is -2.26. The van der Waals surface area contributed by atoms with Crippen LogP contribution >= 0.6 is 11.3 Å². The number of rotatable bonds is 8. The first-order valence-electron chi connectivity index (χ1n) is 13.1. The lowest BCUT2D eigenvalue weighted by atomic mass is 9.93. The number of carbonyl (C=O) groups excluding carboxylic acids is 2. The highest BCUT2D eigenvalue weighted by molar-refractivity contribution is 7.07. The first-order chi connectivity index (χ1) is 20.3. The maximum absolute atomic E-state index is 14.1. The van der Waals surface area contributed by atoms with Crippen LogP contribution in [-0.2, 0) is 14.3 Å². The topological polar surface area (TPSA) is 105 Å². The van der Waals surface area contributed by atoms with Crippen LogP contribution < -0.4 is 29.1 Å². The van der Waals surface area contributed by atoms with Gasteiger partial charge >= 0.3 is 11.9 Å². The molecule has 1 aromatic heterocycles. The lowest BCUT2D eigenvalue weighted by Crippen LogP contribution is -2.40. The van der Waals surface area contributed by atoms with Crippen LogP contribution in [0.1, 0.15) is 36.6 Å². The molecule has 0 unspecified atom stereocenters. The van der Waals surface area contributed by atoms with E-state index in [1.165, 1.54) is 29.9 Å². The molecular weight excluding hydrogens is 556 g/mol. The van der Waals surface area contributed by atoms with Crippen molar-refractivity contribution >= 4 is 35.0 Å². The monoisotopic (exact) mass is 584 g/mol. The van der Waals surface area contributed by atoms with E-state index in [9.17, 15) is 14.4 Å². The summed E-state index contributed by atoms with van der Waals surface area (Å²) >= 11 is 1.20. The third kappa shape index (κ3) is 5.61. The van der Waals surface area contributed by atoms with Crippen molar-refractivity contribution in [3.05, 3.63) is 115 Å². The largest absolute Gasteiger partial charge is 0.497 e. The quantitative estimate of drug-likeness (QED) is 0.229. The summed E-state index contributed by atoms with van der Waals surface area (Å²) in [6.45, 7) is 3.20. The highest BCUT2D eigenvalue weighted by atomic mass is 32.1. The summed E-state index contributed by atoms with van der Waals surface area (Å²) in [6.07, 6.45) is 1.71. The molecule has 1 aliphatic heterocycles. The van der Waals surface area contributed by atoms with E-state index in [1.807, 2.05) is 42.5 Å². The van der Waals surface area contributed by atoms with Crippen LogP contribution in [0.5, 0.6) is 17.2 Å². The number of fused-ring (bicyclic) bond motifs is 1. The molecule has 0 aliphatic carbocycles. The summed E-state index contributed by atoms with van der Waals surface area (Å²) in [6, 6.07) is 20.8. The van der Waals surface area contributed by atoms with E-state index in [0.29, 0.717) is 37.7 Å². The molecule has 3 aromatic carbocycles. The summed E-state index contributed by atoms with van der Waals surface area (Å²) < 4.78 is 23.5. The van der Waals surface area contributed by atoms with Gasteiger partial charge in [-0.2, -0.15) is 0 Å². The van der Waals surface area contributed by atoms with E-state index in [4.69, 9.17) is 23.9 Å². The zero-order valence-electron chi connectivity index (χ0n) is 23.5. The lowest BCUT2D eigenvalue weighted by molar-refractivity contribution is -0.139. The van der Waals surface area contributed by atoms with Crippen molar-refractivity contribution in [3.63, 3.8) is 0 Å². The third-order valence-electron chi connectivity index (χ3n) is 6.52.